The van der Waals surface area contributed by atoms with Gasteiger partial charge in [0, 0.05) is 5.69 Å². The molecule has 0 bridgehead atoms. The highest BCUT2D eigenvalue weighted by atomic mass is 16.6. The molecule has 0 aliphatic carbocycles. The zero-order chi connectivity index (χ0) is 14.4. The molecule has 0 radical (unpaired) electrons. The zero-order valence-electron chi connectivity index (χ0n) is 11.3. The SMILES string of the molecule is Cc1cccc(Nc2nc3nonc3n3nnnc23)c1C. The van der Waals surface area contributed by atoms with Crippen LogP contribution in [0.15, 0.2) is 22.8 Å². The molecule has 0 aliphatic rings. The molecule has 4 rings (SSSR count). The van der Waals surface area contributed by atoms with Crippen LogP contribution in [0.4, 0.5) is 11.5 Å². The maximum Gasteiger partial charge on any atom is 0.248 e. The van der Waals surface area contributed by atoms with Gasteiger partial charge in [-0.3, -0.25) is 0 Å². The lowest BCUT2D eigenvalue weighted by atomic mass is 10.1. The van der Waals surface area contributed by atoms with Crippen LogP contribution in [0.1, 0.15) is 11.1 Å². The van der Waals surface area contributed by atoms with Crippen molar-refractivity contribution >= 4 is 28.4 Å². The molecule has 4 aromatic rings. The van der Waals surface area contributed by atoms with Crippen molar-refractivity contribution in [1.29, 1.82) is 0 Å². The van der Waals surface area contributed by atoms with Gasteiger partial charge in [-0.25, -0.2) is 9.61 Å². The first kappa shape index (κ1) is 11.7. The molecule has 1 aromatic carbocycles. The molecule has 0 aliphatic heterocycles. The van der Waals surface area contributed by atoms with Crippen LogP contribution in [0.5, 0.6) is 0 Å². The molecule has 9 heteroatoms. The van der Waals surface area contributed by atoms with Crippen molar-refractivity contribution in [2.24, 2.45) is 0 Å². The summed E-state index contributed by atoms with van der Waals surface area (Å²) < 4.78 is 6.12. The van der Waals surface area contributed by atoms with Crippen LogP contribution in [-0.2, 0) is 0 Å². The number of fused-ring (bicyclic) bond motifs is 3. The van der Waals surface area contributed by atoms with Gasteiger partial charge in [-0.2, -0.15) is 4.52 Å². The summed E-state index contributed by atoms with van der Waals surface area (Å²) in [7, 11) is 0. The summed E-state index contributed by atoms with van der Waals surface area (Å²) in [5, 5.41) is 22.2. The average molecular weight is 282 g/mol. The normalized spacial score (nSPS) is 11.3. The quantitative estimate of drug-likeness (QED) is 0.588. The van der Waals surface area contributed by atoms with E-state index in [2.05, 4.69) is 40.8 Å². The van der Waals surface area contributed by atoms with E-state index in [1.807, 2.05) is 32.0 Å². The van der Waals surface area contributed by atoms with Crippen LogP contribution in [0.2, 0.25) is 0 Å². The third-order valence-electron chi connectivity index (χ3n) is 3.41. The van der Waals surface area contributed by atoms with E-state index in [4.69, 9.17) is 0 Å². The molecule has 0 saturated carbocycles. The predicted octanol–water partition coefficient (Wildman–Crippen LogP) is 1.42. The highest BCUT2D eigenvalue weighted by Gasteiger charge is 2.16. The van der Waals surface area contributed by atoms with Gasteiger partial charge >= 0.3 is 0 Å². The highest BCUT2D eigenvalue weighted by molar-refractivity contribution is 5.79. The monoisotopic (exact) mass is 282 g/mol. The fourth-order valence-corrected chi connectivity index (χ4v) is 2.11. The Labute approximate surface area is 117 Å². The largest absolute Gasteiger partial charge is 0.337 e. The van der Waals surface area contributed by atoms with Gasteiger partial charge in [-0.05, 0) is 51.8 Å². The number of hydrogen-bond donors (Lipinski definition) is 1. The van der Waals surface area contributed by atoms with Gasteiger partial charge in [0.25, 0.3) is 0 Å². The van der Waals surface area contributed by atoms with Gasteiger partial charge in [0.15, 0.2) is 5.82 Å². The Kier molecular flexibility index (Phi) is 2.34. The number of aromatic nitrogens is 7. The third-order valence-corrected chi connectivity index (χ3v) is 3.41. The highest BCUT2D eigenvalue weighted by Crippen LogP contribution is 2.24. The van der Waals surface area contributed by atoms with Crippen LogP contribution in [0.25, 0.3) is 16.9 Å². The molecule has 0 fully saturated rings. The average Bonchev–Trinajstić information content (AvgIpc) is 3.11. The zero-order valence-corrected chi connectivity index (χ0v) is 11.3. The molecule has 0 spiro atoms. The molecular formula is C12H10N8O. The van der Waals surface area contributed by atoms with Crippen molar-refractivity contribution in [2.75, 3.05) is 5.32 Å². The molecule has 0 atom stereocenters. The molecule has 0 unspecified atom stereocenters. The standard InChI is InChI=1S/C12H10N8O/c1-6-4-3-5-8(7(6)2)13-9-11-15-18-19-20(11)12-10(14-9)16-21-17-12/h3-5H,1-2H3,(H,13,14,16). The lowest BCUT2D eigenvalue weighted by Crippen LogP contribution is -2.02. The van der Waals surface area contributed by atoms with Crippen LogP contribution < -0.4 is 5.32 Å². The number of rotatable bonds is 2. The minimum Gasteiger partial charge on any atom is -0.337 e. The van der Waals surface area contributed by atoms with E-state index in [0.29, 0.717) is 22.8 Å². The second-order valence-corrected chi connectivity index (χ2v) is 4.66. The minimum atomic E-state index is 0.336. The van der Waals surface area contributed by atoms with Gasteiger partial charge < -0.3 is 5.32 Å². The molecular weight excluding hydrogens is 272 g/mol. The Morgan fingerprint density at radius 2 is 2.05 bits per heavy atom. The van der Waals surface area contributed by atoms with E-state index >= 15 is 0 Å². The first-order valence-corrected chi connectivity index (χ1v) is 6.27. The minimum absolute atomic E-state index is 0.336. The topological polar surface area (TPSA) is 107 Å². The molecule has 0 saturated heterocycles. The first-order chi connectivity index (χ1) is 10.2. The summed E-state index contributed by atoms with van der Waals surface area (Å²) in [5.41, 5.74) is 4.41. The Morgan fingerprint density at radius 1 is 1.14 bits per heavy atom. The maximum atomic E-state index is 4.68. The molecule has 9 nitrogen and oxygen atoms in total. The van der Waals surface area contributed by atoms with E-state index < -0.39 is 0 Å². The number of hydrogen-bond acceptors (Lipinski definition) is 8. The molecule has 0 amide bonds. The molecule has 3 aromatic heterocycles. The number of nitrogens with zero attached hydrogens (tertiary/aromatic N) is 7. The second kappa shape index (κ2) is 4.20. The van der Waals surface area contributed by atoms with Crippen LogP contribution in [0.3, 0.4) is 0 Å². The van der Waals surface area contributed by atoms with Gasteiger partial charge in [-0.1, -0.05) is 12.1 Å². The molecule has 104 valence electrons. The Balaban J connectivity index is 1.92. The van der Waals surface area contributed by atoms with Gasteiger partial charge in [0.2, 0.25) is 16.9 Å². The van der Waals surface area contributed by atoms with Crippen molar-refractivity contribution < 1.29 is 4.63 Å². The lowest BCUT2D eigenvalue weighted by molar-refractivity contribution is 0.313. The van der Waals surface area contributed by atoms with Crippen molar-refractivity contribution in [3.05, 3.63) is 29.3 Å². The summed E-state index contributed by atoms with van der Waals surface area (Å²) >= 11 is 0. The van der Waals surface area contributed by atoms with Gasteiger partial charge in [0.05, 0.1) is 0 Å². The summed E-state index contributed by atoms with van der Waals surface area (Å²) in [6.07, 6.45) is 0. The third kappa shape index (κ3) is 1.71. The lowest BCUT2D eigenvalue weighted by Gasteiger charge is -2.10. The predicted molar refractivity (Wildman–Crippen MR) is 73.1 cm³/mol. The Bertz CT molecular complexity index is 956. The fraction of sp³-hybridized carbons (Fsp3) is 0.167. The van der Waals surface area contributed by atoms with Crippen LogP contribution in [0, 0.1) is 13.8 Å². The number of aryl methyl sites for hydroxylation is 1. The summed E-state index contributed by atoms with van der Waals surface area (Å²) in [6, 6.07) is 5.99. The smallest absolute Gasteiger partial charge is 0.248 e. The van der Waals surface area contributed by atoms with Gasteiger partial charge in [0.1, 0.15) is 0 Å². The van der Waals surface area contributed by atoms with Crippen molar-refractivity contribution in [3.8, 4) is 0 Å². The Morgan fingerprint density at radius 3 is 2.95 bits per heavy atom. The van der Waals surface area contributed by atoms with Crippen molar-refractivity contribution in [1.82, 2.24) is 35.3 Å². The maximum absolute atomic E-state index is 4.68. The molecule has 3 heterocycles. The summed E-state index contributed by atoms with van der Waals surface area (Å²) in [4.78, 5) is 4.36. The van der Waals surface area contributed by atoms with E-state index in [0.717, 1.165) is 11.3 Å². The molecule has 21 heavy (non-hydrogen) atoms. The van der Waals surface area contributed by atoms with E-state index in [9.17, 15) is 0 Å². The second-order valence-electron chi connectivity index (χ2n) is 4.66. The Hall–Kier alpha value is -3.10. The van der Waals surface area contributed by atoms with Crippen molar-refractivity contribution in [3.63, 3.8) is 0 Å². The summed E-state index contributed by atoms with van der Waals surface area (Å²) in [6.45, 7) is 4.08. The number of tetrazole rings is 1. The first-order valence-electron chi connectivity index (χ1n) is 6.27. The van der Waals surface area contributed by atoms with Crippen LogP contribution >= 0.6 is 0 Å². The van der Waals surface area contributed by atoms with E-state index in [1.165, 1.54) is 10.1 Å². The fourth-order valence-electron chi connectivity index (χ4n) is 2.11. The number of nitrogens with one attached hydrogen (secondary N) is 1. The van der Waals surface area contributed by atoms with Crippen molar-refractivity contribution in [2.45, 2.75) is 13.8 Å². The van der Waals surface area contributed by atoms with Crippen LogP contribution in [-0.4, -0.2) is 35.3 Å². The molecule has 1 N–H and O–H groups in total. The number of benzene rings is 1. The van der Waals surface area contributed by atoms with Gasteiger partial charge in [-0.15, -0.1) is 5.10 Å². The van der Waals surface area contributed by atoms with E-state index in [-0.39, 0.29) is 0 Å². The van der Waals surface area contributed by atoms with E-state index in [1.54, 1.807) is 0 Å². The number of anilines is 2. The summed E-state index contributed by atoms with van der Waals surface area (Å²) in [5.74, 6) is 0.497.